The van der Waals surface area contributed by atoms with Gasteiger partial charge in [-0.3, -0.25) is 0 Å². The SMILES string of the molecule is CCCNCc1cccc(S(=O)(=O)N(CC)C2CC2)c1C. The van der Waals surface area contributed by atoms with Gasteiger partial charge in [-0.1, -0.05) is 26.0 Å². The van der Waals surface area contributed by atoms with Gasteiger partial charge in [-0.25, -0.2) is 8.42 Å². The van der Waals surface area contributed by atoms with E-state index in [2.05, 4.69) is 12.2 Å². The van der Waals surface area contributed by atoms with Crippen LogP contribution in [0.4, 0.5) is 0 Å². The van der Waals surface area contributed by atoms with Crippen LogP contribution in [0.15, 0.2) is 23.1 Å². The molecule has 0 aromatic heterocycles. The van der Waals surface area contributed by atoms with Gasteiger partial charge in [0.2, 0.25) is 10.0 Å². The van der Waals surface area contributed by atoms with Crippen LogP contribution in [0.25, 0.3) is 0 Å². The van der Waals surface area contributed by atoms with Gasteiger partial charge in [0.25, 0.3) is 0 Å². The van der Waals surface area contributed by atoms with Gasteiger partial charge in [0.1, 0.15) is 0 Å². The molecule has 5 heteroatoms. The highest BCUT2D eigenvalue weighted by molar-refractivity contribution is 7.89. The van der Waals surface area contributed by atoms with Crippen LogP contribution in [0.2, 0.25) is 0 Å². The summed E-state index contributed by atoms with van der Waals surface area (Å²) in [6.07, 6.45) is 3.05. The van der Waals surface area contributed by atoms with Crippen LogP contribution in [0.1, 0.15) is 44.2 Å². The highest BCUT2D eigenvalue weighted by Gasteiger charge is 2.37. The van der Waals surface area contributed by atoms with E-state index in [1.54, 1.807) is 10.4 Å². The van der Waals surface area contributed by atoms with Crippen molar-refractivity contribution >= 4 is 10.0 Å². The maximum Gasteiger partial charge on any atom is 0.243 e. The van der Waals surface area contributed by atoms with E-state index in [1.165, 1.54) is 0 Å². The van der Waals surface area contributed by atoms with Gasteiger partial charge in [-0.2, -0.15) is 4.31 Å². The fourth-order valence-corrected chi connectivity index (χ4v) is 4.61. The van der Waals surface area contributed by atoms with Crippen LogP contribution in [0.5, 0.6) is 0 Å². The van der Waals surface area contributed by atoms with Gasteiger partial charge >= 0.3 is 0 Å². The molecule has 1 fully saturated rings. The summed E-state index contributed by atoms with van der Waals surface area (Å²) in [5.41, 5.74) is 1.94. The molecule has 0 aliphatic heterocycles. The van der Waals surface area contributed by atoms with E-state index < -0.39 is 10.0 Å². The van der Waals surface area contributed by atoms with Crippen molar-refractivity contribution in [2.75, 3.05) is 13.1 Å². The number of benzene rings is 1. The Hall–Kier alpha value is -0.910. The maximum atomic E-state index is 12.9. The summed E-state index contributed by atoms with van der Waals surface area (Å²) in [6, 6.07) is 5.80. The van der Waals surface area contributed by atoms with E-state index in [9.17, 15) is 8.42 Å². The summed E-state index contributed by atoms with van der Waals surface area (Å²) in [6.45, 7) is 8.16. The van der Waals surface area contributed by atoms with E-state index >= 15 is 0 Å². The first-order valence-electron chi connectivity index (χ1n) is 7.83. The van der Waals surface area contributed by atoms with Gasteiger partial charge in [-0.05, 0) is 49.9 Å². The molecule has 0 amide bonds. The highest BCUT2D eigenvalue weighted by atomic mass is 32.2. The molecule has 0 radical (unpaired) electrons. The molecule has 1 aromatic carbocycles. The molecule has 0 spiro atoms. The summed E-state index contributed by atoms with van der Waals surface area (Å²) in [5, 5.41) is 3.34. The predicted molar refractivity (Wildman–Crippen MR) is 85.8 cm³/mol. The topological polar surface area (TPSA) is 49.4 Å². The van der Waals surface area contributed by atoms with Crippen molar-refractivity contribution < 1.29 is 8.42 Å². The lowest BCUT2D eigenvalue weighted by Gasteiger charge is -2.22. The largest absolute Gasteiger partial charge is 0.313 e. The first-order chi connectivity index (χ1) is 10.0. The van der Waals surface area contributed by atoms with Crippen molar-refractivity contribution in [1.29, 1.82) is 0 Å². The van der Waals surface area contributed by atoms with Gasteiger partial charge in [0, 0.05) is 19.1 Å². The van der Waals surface area contributed by atoms with Gasteiger partial charge in [0.05, 0.1) is 4.90 Å². The number of rotatable bonds is 8. The number of nitrogens with one attached hydrogen (secondary N) is 1. The van der Waals surface area contributed by atoms with Crippen molar-refractivity contribution in [1.82, 2.24) is 9.62 Å². The van der Waals surface area contributed by atoms with E-state index in [0.29, 0.717) is 11.4 Å². The van der Waals surface area contributed by atoms with Crippen molar-refractivity contribution in [3.63, 3.8) is 0 Å². The predicted octanol–water partition coefficient (Wildman–Crippen LogP) is 2.67. The summed E-state index contributed by atoms with van der Waals surface area (Å²) in [5.74, 6) is 0. The molecule has 118 valence electrons. The zero-order valence-corrected chi connectivity index (χ0v) is 14.0. The lowest BCUT2D eigenvalue weighted by atomic mass is 10.1. The fraction of sp³-hybridized carbons (Fsp3) is 0.625. The van der Waals surface area contributed by atoms with Crippen molar-refractivity contribution in [3.05, 3.63) is 29.3 Å². The average Bonchev–Trinajstić information content (AvgIpc) is 3.26. The van der Waals surface area contributed by atoms with Crippen molar-refractivity contribution in [3.8, 4) is 0 Å². The Morgan fingerprint density at radius 1 is 1.29 bits per heavy atom. The van der Waals surface area contributed by atoms with E-state index in [4.69, 9.17) is 0 Å². The van der Waals surface area contributed by atoms with Crippen molar-refractivity contribution in [2.45, 2.75) is 57.5 Å². The van der Waals surface area contributed by atoms with Gasteiger partial charge < -0.3 is 5.32 Å². The highest BCUT2D eigenvalue weighted by Crippen LogP contribution is 2.33. The standard InChI is InChI=1S/C16H26N2O2S/c1-4-11-17-12-14-7-6-8-16(13(14)3)21(19,20)18(5-2)15-9-10-15/h6-8,15,17H,4-5,9-12H2,1-3H3. The molecule has 1 aliphatic rings. The van der Waals surface area contributed by atoms with Crippen LogP contribution in [-0.2, 0) is 16.6 Å². The Morgan fingerprint density at radius 3 is 2.57 bits per heavy atom. The molecule has 1 aromatic rings. The number of hydrogen-bond acceptors (Lipinski definition) is 3. The molecular weight excluding hydrogens is 284 g/mol. The Labute approximate surface area is 128 Å². The minimum atomic E-state index is -3.37. The Bertz CT molecular complexity index is 580. The third-order valence-corrected chi connectivity index (χ3v) is 6.16. The Kier molecular flexibility index (Phi) is 5.41. The molecule has 1 saturated carbocycles. The zero-order valence-electron chi connectivity index (χ0n) is 13.2. The van der Waals surface area contributed by atoms with Crippen LogP contribution in [0, 0.1) is 6.92 Å². The molecule has 4 nitrogen and oxygen atoms in total. The van der Waals surface area contributed by atoms with E-state index in [-0.39, 0.29) is 6.04 Å². The van der Waals surface area contributed by atoms with Crippen LogP contribution >= 0.6 is 0 Å². The summed E-state index contributed by atoms with van der Waals surface area (Å²) >= 11 is 0. The summed E-state index contributed by atoms with van der Waals surface area (Å²) < 4.78 is 27.4. The molecule has 0 unspecified atom stereocenters. The van der Waals surface area contributed by atoms with Crippen LogP contribution in [0.3, 0.4) is 0 Å². The first-order valence-corrected chi connectivity index (χ1v) is 9.27. The Morgan fingerprint density at radius 2 is 2.00 bits per heavy atom. The lowest BCUT2D eigenvalue weighted by Crippen LogP contribution is -2.33. The summed E-state index contributed by atoms with van der Waals surface area (Å²) in [4.78, 5) is 0.465. The van der Waals surface area contributed by atoms with Gasteiger partial charge in [0.15, 0.2) is 0 Å². The summed E-state index contributed by atoms with van der Waals surface area (Å²) in [7, 11) is -3.37. The molecule has 0 atom stereocenters. The minimum absolute atomic E-state index is 0.210. The molecule has 1 aliphatic carbocycles. The molecule has 0 saturated heterocycles. The monoisotopic (exact) mass is 310 g/mol. The number of hydrogen-bond donors (Lipinski definition) is 1. The molecular formula is C16H26N2O2S. The average molecular weight is 310 g/mol. The minimum Gasteiger partial charge on any atom is -0.313 e. The quantitative estimate of drug-likeness (QED) is 0.751. The first kappa shape index (κ1) is 16.5. The third-order valence-electron chi connectivity index (χ3n) is 3.99. The molecule has 0 bridgehead atoms. The second kappa shape index (κ2) is 6.90. The maximum absolute atomic E-state index is 12.9. The second-order valence-electron chi connectivity index (χ2n) is 5.66. The van der Waals surface area contributed by atoms with Crippen molar-refractivity contribution in [2.24, 2.45) is 0 Å². The van der Waals surface area contributed by atoms with Crippen LogP contribution in [-0.4, -0.2) is 31.9 Å². The molecule has 21 heavy (non-hydrogen) atoms. The Balaban J connectivity index is 2.28. The zero-order chi connectivity index (χ0) is 15.5. The third kappa shape index (κ3) is 3.65. The lowest BCUT2D eigenvalue weighted by molar-refractivity contribution is 0.420. The number of sulfonamides is 1. The second-order valence-corrected chi connectivity index (χ2v) is 7.52. The van der Waals surface area contributed by atoms with E-state index in [0.717, 1.165) is 43.5 Å². The number of nitrogens with zero attached hydrogens (tertiary/aromatic N) is 1. The van der Waals surface area contributed by atoms with E-state index in [1.807, 2.05) is 26.0 Å². The van der Waals surface area contributed by atoms with Gasteiger partial charge in [-0.15, -0.1) is 0 Å². The van der Waals surface area contributed by atoms with Crippen LogP contribution < -0.4 is 5.32 Å². The molecule has 2 rings (SSSR count). The molecule has 1 N–H and O–H groups in total. The smallest absolute Gasteiger partial charge is 0.243 e. The normalized spacial score (nSPS) is 15.6. The fourth-order valence-electron chi connectivity index (χ4n) is 2.64. The molecule has 0 heterocycles.